The Morgan fingerprint density at radius 2 is 2.25 bits per heavy atom. The molecule has 1 atom stereocenters. The Bertz CT molecular complexity index is 565. The second kappa shape index (κ2) is 5.54. The predicted octanol–water partition coefficient (Wildman–Crippen LogP) is 2.52. The first kappa shape index (κ1) is 13.0. The topological polar surface area (TPSA) is 70.5 Å². The lowest BCUT2D eigenvalue weighted by Gasteiger charge is -2.14. The van der Waals surface area contributed by atoms with Gasteiger partial charge in [-0.05, 0) is 36.5 Å². The summed E-state index contributed by atoms with van der Waals surface area (Å²) in [6.07, 6.45) is 5.50. The van der Waals surface area contributed by atoms with E-state index < -0.39 is 0 Å². The Morgan fingerprint density at radius 1 is 1.40 bits per heavy atom. The number of ether oxygens (including phenoxy) is 2. The molecule has 5 nitrogen and oxygen atoms in total. The normalized spacial score (nSPS) is 15.9. The van der Waals surface area contributed by atoms with Gasteiger partial charge in [-0.25, -0.2) is 4.98 Å². The van der Waals surface area contributed by atoms with Crippen LogP contribution < -0.4 is 15.2 Å². The van der Waals surface area contributed by atoms with E-state index in [-0.39, 0.29) is 6.04 Å². The molecule has 1 aliphatic rings. The SMILES string of the molecule is COc1ccc(C(N)c2cnco2)cc1OCC1CC1. The van der Waals surface area contributed by atoms with E-state index in [0.29, 0.717) is 11.7 Å². The van der Waals surface area contributed by atoms with Crippen molar-refractivity contribution in [3.8, 4) is 11.5 Å². The van der Waals surface area contributed by atoms with E-state index in [1.54, 1.807) is 13.3 Å². The molecular weight excluding hydrogens is 256 g/mol. The molecule has 5 heteroatoms. The van der Waals surface area contributed by atoms with Crippen LogP contribution >= 0.6 is 0 Å². The summed E-state index contributed by atoms with van der Waals surface area (Å²) in [4.78, 5) is 3.89. The third kappa shape index (κ3) is 2.77. The van der Waals surface area contributed by atoms with Gasteiger partial charge in [0.25, 0.3) is 0 Å². The molecule has 1 aliphatic carbocycles. The van der Waals surface area contributed by atoms with Crippen LogP contribution in [0.4, 0.5) is 0 Å². The zero-order valence-electron chi connectivity index (χ0n) is 11.4. The maximum absolute atomic E-state index is 6.16. The summed E-state index contributed by atoms with van der Waals surface area (Å²) in [5.74, 6) is 2.76. The van der Waals surface area contributed by atoms with Gasteiger partial charge in [0.15, 0.2) is 17.9 Å². The van der Waals surface area contributed by atoms with Gasteiger partial charge < -0.3 is 19.6 Å². The van der Waals surface area contributed by atoms with Gasteiger partial charge in [-0.2, -0.15) is 0 Å². The van der Waals surface area contributed by atoms with Crippen molar-refractivity contribution in [2.45, 2.75) is 18.9 Å². The predicted molar refractivity (Wildman–Crippen MR) is 73.7 cm³/mol. The van der Waals surface area contributed by atoms with Crippen molar-refractivity contribution < 1.29 is 13.9 Å². The molecule has 2 N–H and O–H groups in total. The standard InChI is InChI=1S/C15H18N2O3/c1-18-12-5-4-11(15(16)14-7-17-9-20-14)6-13(12)19-8-10-2-3-10/h4-7,9-10,15H,2-3,8,16H2,1H3. The third-order valence-electron chi connectivity index (χ3n) is 3.48. The fourth-order valence-corrected chi connectivity index (χ4v) is 2.04. The van der Waals surface area contributed by atoms with Crippen molar-refractivity contribution in [3.63, 3.8) is 0 Å². The Labute approximate surface area is 117 Å². The van der Waals surface area contributed by atoms with Crippen molar-refractivity contribution >= 4 is 0 Å². The van der Waals surface area contributed by atoms with Gasteiger partial charge >= 0.3 is 0 Å². The minimum atomic E-state index is -0.355. The van der Waals surface area contributed by atoms with Crippen LogP contribution in [-0.4, -0.2) is 18.7 Å². The highest BCUT2D eigenvalue weighted by molar-refractivity contribution is 5.45. The summed E-state index contributed by atoms with van der Waals surface area (Å²) < 4.78 is 16.4. The molecule has 3 rings (SSSR count). The van der Waals surface area contributed by atoms with Crippen LogP contribution in [0, 0.1) is 5.92 Å². The average molecular weight is 274 g/mol. The molecular formula is C15H18N2O3. The Morgan fingerprint density at radius 3 is 2.90 bits per heavy atom. The molecule has 0 saturated heterocycles. The van der Waals surface area contributed by atoms with Gasteiger partial charge in [0.05, 0.1) is 26.0 Å². The monoisotopic (exact) mass is 274 g/mol. The number of nitrogens with two attached hydrogens (primary N) is 1. The molecule has 0 bridgehead atoms. The summed E-state index contributed by atoms with van der Waals surface area (Å²) in [5.41, 5.74) is 7.07. The van der Waals surface area contributed by atoms with Gasteiger partial charge in [0.2, 0.25) is 0 Å². The van der Waals surface area contributed by atoms with E-state index in [2.05, 4.69) is 4.98 Å². The van der Waals surface area contributed by atoms with E-state index in [1.807, 2.05) is 18.2 Å². The van der Waals surface area contributed by atoms with Crippen molar-refractivity contribution in [1.82, 2.24) is 4.98 Å². The summed E-state index contributed by atoms with van der Waals surface area (Å²) >= 11 is 0. The lowest BCUT2D eigenvalue weighted by Crippen LogP contribution is -2.11. The Kier molecular flexibility index (Phi) is 3.60. The van der Waals surface area contributed by atoms with Crippen LogP contribution in [0.5, 0.6) is 11.5 Å². The first-order chi connectivity index (χ1) is 9.78. The number of aromatic nitrogens is 1. The number of nitrogens with zero attached hydrogens (tertiary/aromatic N) is 1. The van der Waals surface area contributed by atoms with Gasteiger partial charge in [-0.3, -0.25) is 0 Å². The number of oxazole rings is 1. The number of methoxy groups -OCH3 is 1. The lowest BCUT2D eigenvalue weighted by molar-refractivity contribution is 0.280. The highest BCUT2D eigenvalue weighted by atomic mass is 16.5. The first-order valence-electron chi connectivity index (χ1n) is 6.72. The largest absolute Gasteiger partial charge is 0.493 e. The van der Waals surface area contributed by atoms with Crippen molar-refractivity contribution in [2.24, 2.45) is 11.7 Å². The molecule has 106 valence electrons. The minimum Gasteiger partial charge on any atom is -0.493 e. The van der Waals surface area contributed by atoms with Crippen molar-refractivity contribution in [1.29, 1.82) is 0 Å². The average Bonchev–Trinajstić information content (AvgIpc) is 3.15. The maximum atomic E-state index is 6.16. The molecule has 20 heavy (non-hydrogen) atoms. The van der Waals surface area contributed by atoms with Crippen LogP contribution in [0.2, 0.25) is 0 Å². The van der Waals surface area contributed by atoms with Crippen molar-refractivity contribution in [2.75, 3.05) is 13.7 Å². The van der Waals surface area contributed by atoms with Gasteiger partial charge in [-0.1, -0.05) is 6.07 Å². The van der Waals surface area contributed by atoms with E-state index >= 15 is 0 Å². The maximum Gasteiger partial charge on any atom is 0.180 e. The lowest BCUT2D eigenvalue weighted by atomic mass is 10.1. The number of hydrogen-bond acceptors (Lipinski definition) is 5. The highest BCUT2D eigenvalue weighted by Crippen LogP contribution is 2.34. The molecule has 2 aromatic rings. The third-order valence-corrected chi connectivity index (χ3v) is 3.48. The molecule has 1 heterocycles. The molecule has 1 aromatic carbocycles. The van der Waals surface area contributed by atoms with Crippen LogP contribution in [0.1, 0.15) is 30.2 Å². The second-order valence-corrected chi connectivity index (χ2v) is 5.05. The molecule has 0 aliphatic heterocycles. The van der Waals surface area contributed by atoms with Crippen molar-refractivity contribution in [3.05, 3.63) is 42.1 Å². The summed E-state index contributed by atoms with van der Waals surface area (Å²) in [5, 5.41) is 0. The first-order valence-corrected chi connectivity index (χ1v) is 6.72. The fraction of sp³-hybridized carbons (Fsp3) is 0.400. The van der Waals surface area contributed by atoms with Gasteiger partial charge in [0.1, 0.15) is 5.76 Å². The summed E-state index contributed by atoms with van der Waals surface area (Å²) in [6.45, 7) is 0.733. The quantitative estimate of drug-likeness (QED) is 0.876. The summed E-state index contributed by atoms with van der Waals surface area (Å²) in [7, 11) is 1.63. The van der Waals surface area contributed by atoms with Crippen LogP contribution in [0.15, 0.2) is 35.2 Å². The van der Waals surface area contributed by atoms with E-state index in [1.165, 1.54) is 19.2 Å². The Balaban J connectivity index is 1.81. The van der Waals surface area contributed by atoms with Gasteiger partial charge in [0, 0.05) is 0 Å². The molecule has 1 saturated carbocycles. The van der Waals surface area contributed by atoms with Crippen LogP contribution in [0.3, 0.4) is 0 Å². The van der Waals surface area contributed by atoms with E-state index in [4.69, 9.17) is 19.6 Å². The summed E-state index contributed by atoms with van der Waals surface area (Å²) in [6, 6.07) is 5.34. The molecule has 0 radical (unpaired) electrons. The highest BCUT2D eigenvalue weighted by Gasteiger charge is 2.23. The minimum absolute atomic E-state index is 0.355. The Hall–Kier alpha value is -2.01. The smallest absolute Gasteiger partial charge is 0.180 e. The number of rotatable bonds is 6. The number of benzene rings is 1. The molecule has 1 fully saturated rings. The fourth-order valence-electron chi connectivity index (χ4n) is 2.04. The van der Waals surface area contributed by atoms with E-state index in [0.717, 1.165) is 23.7 Å². The van der Waals surface area contributed by atoms with E-state index in [9.17, 15) is 0 Å². The van der Waals surface area contributed by atoms with Gasteiger partial charge in [-0.15, -0.1) is 0 Å². The number of hydrogen-bond donors (Lipinski definition) is 1. The molecule has 1 unspecified atom stereocenters. The zero-order valence-corrected chi connectivity index (χ0v) is 11.4. The zero-order chi connectivity index (χ0) is 13.9. The molecule has 0 spiro atoms. The molecule has 1 aromatic heterocycles. The molecule has 0 amide bonds. The second-order valence-electron chi connectivity index (χ2n) is 5.05. The van der Waals surface area contributed by atoms with Crippen LogP contribution in [0.25, 0.3) is 0 Å². The van der Waals surface area contributed by atoms with Crippen LogP contribution in [-0.2, 0) is 0 Å².